The molecule has 0 atom stereocenters. The largest absolute Gasteiger partial charge is 0.455 e. The van der Waals surface area contributed by atoms with E-state index in [1.54, 1.807) is 42.5 Å². The Hall–Kier alpha value is -2.49. The molecule has 112 valence electrons. The predicted octanol–water partition coefficient (Wildman–Crippen LogP) is 5.94. The molecule has 0 radical (unpaired) electrons. The summed E-state index contributed by atoms with van der Waals surface area (Å²) in [7, 11) is 0. The first-order valence-corrected chi connectivity index (χ1v) is 6.78. The second kappa shape index (κ2) is 5.37. The summed E-state index contributed by atoms with van der Waals surface area (Å²) >= 11 is 0. The molecule has 0 amide bonds. The fourth-order valence-electron chi connectivity index (χ4n) is 2.27. The Morgan fingerprint density at radius 2 is 1.45 bits per heavy atom. The number of hydrogen-bond acceptors (Lipinski definition) is 1. The Bertz CT molecular complexity index is 768. The lowest BCUT2D eigenvalue weighted by atomic mass is 10.1. The minimum Gasteiger partial charge on any atom is -0.455 e. The van der Waals surface area contributed by atoms with Crippen LogP contribution in [0, 0.1) is 6.92 Å². The molecule has 0 saturated heterocycles. The predicted molar refractivity (Wildman–Crippen MR) is 79.3 cm³/mol. The van der Waals surface area contributed by atoms with Crippen LogP contribution < -0.4 is 0 Å². The molecule has 4 heteroatoms. The average molecular weight is 302 g/mol. The molecule has 2 aromatic carbocycles. The monoisotopic (exact) mass is 302 g/mol. The minimum atomic E-state index is -4.46. The summed E-state index contributed by atoms with van der Waals surface area (Å²) in [6.07, 6.45) is -4.46. The third-order valence-electron chi connectivity index (χ3n) is 3.41. The van der Waals surface area contributed by atoms with Crippen LogP contribution in [-0.2, 0) is 6.18 Å². The van der Waals surface area contributed by atoms with Crippen LogP contribution >= 0.6 is 0 Å². The Morgan fingerprint density at radius 1 is 0.818 bits per heavy atom. The van der Waals surface area contributed by atoms with E-state index in [-0.39, 0.29) is 11.5 Å². The molecular weight excluding hydrogens is 289 g/mol. The molecule has 0 aliphatic heterocycles. The van der Waals surface area contributed by atoms with E-state index in [4.69, 9.17) is 4.42 Å². The summed E-state index contributed by atoms with van der Waals surface area (Å²) in [5.41, 5.74) is 1.32. The molecule has 0 saturated carbocycles. The molecule has 22 heavy (non-hydrogen) atoms. The Balaban J connectivity index is 2.15. The summed E-state index contributed by atoms with van der Waals surface area (Å²) in [5, 5.41) is 0. The van der Waals surface area contributed by atoms with Crippen LogP contribution in [0.1, 0.15) is 11.1 Å². The Morgan fingerprint density at radius 3 is 2.05 bits per heavy atom. The molecule has 0 bridgehead atoms. The van der Waals surface area contributed by atoms with Crippen molar-refractivity contribution < 1.29 is 17.6 Å². The van der Waals surface area contributed by atoms with E-state index in [0.29, 0.717) is 11.1 Å². The Labute approximate surface area is 126 Å². The number of rotatable bonds is 2. The van der Waals surface area contributed by atoms with Gasteiger partial charge in [0.05, 0.1) is 0 Å². The molecule has 0 unspecified atom stereocenters. The van der Waals surface area contributed by atoms with Crippen molar-refractivity contribution >= 4 is 0 Å². The van der Waals surface area contributed by atoms with Crippen LogP contribution in [0.4, 0.5) is 13.2 Å². The van der Waals surface area contributed by atoms with Gasteiger partial charge in [0.2, 0.25) is 0 Å². The number of benzene rings is 2. The third kappa shape index (κ3) is 2.77. The molecule has 1 aromatic heterocycles. The number of hydrogen-bond donors (Lipinski definition) is 0. The first-order valence-electron chi connectivity index (χ1n) is 6.78. The second-order valence-corrected chi connectivity index (χ2v) is 5.08. The summed E-state index contributed by atoms with van der Waals surface area (Å²) in [6, 6.07) is 16.6. The summed E-state index contributed by atoms with van der Waals surface area (Å²) < 4.78 is 45.3. The summed E-state index contributed by atoms with van der Waals surface area (Å²) in [4.78, 5) is 0. The second-order valence-electron chi connectivity index (χ2n) is 5.08. The van der Waals surface area contributed by atoms with Crippen LogP contribution in [0.3, 0.4) is 0 Å². The molecule has 1 heterocycles. The van der Waals surface area contributed by atoms with Gasteiger partial charge in [0.1, 0.15) is 17.1 Å². The lowest BCUT2D eigenvalue weighted by Crippen LogP contribution is -2.04. The minimum absolute atomic E-state index is 0.149. The molecule has 0 aliphatic carbocycles. The Kier molecular flexibility index (Phi) is 3.53. The van der Waals surface area contributed by atoms with Gasteiger partial charge in [-0.1, -0.05) is 60.2 Å². The number of halogens is 3. The zero-order valence-electron chi connectivity index (χ0n) is 11.8. The summed E-state index contributed by atoms with van der Waals surface area (Å²) in [5.74, 6) is 0.0647. The fraction of sp³-hybridized carbons (Fsp3) is 0.111. The van der Waals surface area contributed by atoms with E-state index in [1.807, 2.05) is 19.1 Å². The van der Waals surface area contributed by atoms with Gasteiger partial charge in [0.25, 0.3) is 0 Å². The van der Waals surface area contributed by atoms with Crippen molar-refractivity contribution in [2.24, 2.45) is 0 Å². The van der Waals surface area contributed by atoms with Crippen molar-refractivity contribution in [1.82, 2.24) is 0 Å². The van der Waals surface area contributed by atoms with Crippen molar-refractivity contribution in [3.8, 4) is 22.6 Å². The van der Waals surface area contributed by atoms with Gasteiger partial charge in [-0.05, 0) is 13.0 Å². The van der Waals surface area contributed by atoms with Gasteiger partial charge in [-0.2, -0.15) is 13.2 Å². The van der Waals surface area contributed by atoms with Crippen LogP contribution in [0.5, 0.6) is 0 Å². The number of aryl methyl sites for hydroxylation is 1. The van der Waals surface area contributed by atoms with Gasteiger partial charge in [0, 0.05) is 11.1 Å². The maximum absolute atomic E-state index is 13.3. The SMILES string of the molecule is Cc1ccc(-c2cc(C(F)(F)F)c(-c3ccccc3)o2)cc1. The third-order valence-corrected chi connectivity index (χ3v) is 3.41. The zero-order chi connectivity index (χ0) is 15.7. The highest BCUT2D eigenvalue weighted by Gasteiger charge is 2.37. The van der Waals surface area contributed by atoms with E-state index < -0.39 is 11.7 Å². The van der Waals surface area contributed by atoms with Gasteiger partial charge < -0.3 is 4.42 Å². The van der Waals surface area contributed by atoms with E-state index in [9.17, 15) is 13.2 Å². The van der Waals surface area contributed by atoms with Crippen LogP contribution in [0.15, 0.2) is 65.1 Å². The highest BCUT2D eigenvalue weighted by atomic mass is 19.4. The highest BCUT2D eigenvalue weighted by Crippen LogP contribution is 2.41. The van der Waals surface area contributed by atoms with Crippen LogP contribution in [0.2, 0.25) is 0 Å². The number of furan rings is 1. The van der Waals surface area contributed by atoms with Crippen molar-refractivity contribution in [2.45, 2.75) is 13.1 Å². The maximum atomic E-state index is 13.3. The molecule has 0 fully saturated rings. The van der Waals surface area contributed by atoms with Gasteiger partial charge in [-0.3, -0.25) is 0 Å². The van der Waals surface area contributed by atoms with Gasteiger partial charge in [0.15, 0.2) is 0 Å². The number of alkyl halides is 3. The highest BCUT2D eigenvalue weighted by molar-refractivity contribution is 5.69. The molecule has 0 aliphatic rings. The quantitative estimate of drug-likeness (QED) is 0.571. The lowest BCUT2D eigenvalue weighted by molar-refractivity contribution is -0.137. The van der Waals surface area contributed by atoms with Crippen molar-refractivity contribution in [1.29, 1.82) is 0 Å². The van der Waals surface area contributed by atoms with Crippen molar-refractivity contribution in [2.75, 3.05) is 0 Å². The fourth-order valence-corrected chi connectivity index (χ4v) is 2.27. The average Bonchev–Trinajstić information content (AvgIpc) is 2.94. The molecule has 3 rings (SSSR count). The van der Waals surface area contributed by atoms with E-state index in [1.165, 1.54) is 0 Å². The van der Waals surface area contributed by atoms with Crippen molar-refractivity contribution in [3.05, 3.63) is 71.8 Å². The molecular formula is C18H13F3O. The first-order chi connectivity index (χ1) is 10.4. The van der Waals surface area contributed by atoms with Crippen LogP contribution in [0.25, 0.3) is 22.6 Å². The van der Waals surface area contributed by atoms with Crippen LogP contribution in [-0.4, -0.2) is 0 Å². The molecule has 0 N–H and O–H groups in total. The smallest absolute Gasteiger partial charge is 0.420 e. The molecule has 0 spiro atoms. The van der Waals surface area contributed by atoms with E-state index in [0.717, 1.165) is 11.6 Å². The maximum Gasteiger partial charge on any atom is 0.420 e. The summed E-state index contributed by atoms with van der Waals surface area (Å²) in [6.45, 7) is 1.92. The zero-order valence-corrected chi connectivity index (χ0v) is 11.8. The van der Waals surface area contributed by atoms with E-state index >= 15 is 0 Å². The van der Waals surface area contributed by atoms with Crippen molar-refractivity contribution in [3.63, 3.8) is 0 Å². The van der Waals surface area contributed by atoms with Gasteiger partial charge in [-0.15, -0.1) is 0 Å². The molecule has 3 aromatic rings. The topological polar surface area (TPSA) is 13.1 Å². The van der Waals surface area contributed by atoms with E-state index in [2.05, 4.69) is 0 Å². The van der Waals surface area contributed by atoms with Gasteiger partial charge >= 0.3 is 6.18 Å². The van der Waals surface area contributed by atoms with Gasteiger partial charge in [-0.25, -0.2) is 0 Å². The standard InChI is InChI=1S/C18H13F3O/c1-12-7-9-13(10-8-12)16-11-15(18(19,20)21)17(22-16)14-5-3-2-4-6-14/h2-11H,1H3. The molecule has 1 nitrogen and oxygen atoms in total. The normalized spacial score (nSPS) is 11.6. The lowest BCUT2D eigenvalue weighted by Gasteiger charge is -2.05. The first kappa shape index (κ1) is 14.4.